The number of nitrogens with zero attached hydrogens (tertiary/aromatic N) is 2. The Morgan fingerprint density at radius 1 is 1.08 bits per heavy atom. The first-order valence-corrected chi connectivity index (χ1v) is 8.22. The molecule has 2 aliphatic rings. The second kappa shape index (κ2) is 5.00. The Hall–Kier alpha value is -2.49. The molecule has 0 fully saturated rings. The third-order valence-corrected chi connectivity index (χ3v) is 5.59. The molecule has 0 bridgehead atoms. The number of rotatable bonds is 2. The normalized spacial score (nSPS) is 23.8. The molecule has 2 aromatic rings. The second-order valence-corrected chi connectivity index (χ2v) is 7.02. The lowest BCUT2D eigenvalue weighted by atomic mass is 9.75. The van der Waals surface area contributed by atoms with Gasteiger partial charge in [-0.05, 0) is 55.3 Å². The number of hydrogen-bond acceptors (Lipinski definition) is 4. The summed E-state index contributed by atoms with van der Waals surface area (Å²) in [6.07, 6.45) is 0.748. The molecular formula is C20H22N2O2. The van der Waals surface area contributed by atoms with E-state index in [2.05, 4.69) is 55.2 Å². The average molecular weight is 322 g/mol. The van der Waals surface area contributed by atoms with Crippen molar-refractivity contribution in [2.45, 2.75) is 31.4 Å². The van der Waals surface area contributed by atoms with Crippen LogP contribution in [0.25, 0.3) is 0 Å². The maximum absolute atomic E-state index is 6.12. The summed E-state index contributed by atoms with van der Waals surface area (Å²) < 4.78 is 5.24. The van der Waals surface area contributed by atoms with Crippen molar-refractivity contribution in [1.29, 1.82) is 0 Å². The fourth-order valence-electron chi connectivity index (χ4n) is 3.99. The summed E-state index contributed by atoms with van der Waals surface area (Å²) in [6.45, 7) is 4.48. The van der Waals surface area contributed by atoms with Crippen molar-refractivity contribution in [2.24, 2.45) is 5.16 Å². The smallest absolute Gasteiger partial charge is 0.224 e. The predicted octanol–water partition coefficient (Wildman–Crippen LogP) is 3.94. The summed E-state index contributed by atoms with van der Waals surface area (Å²) in [4.78, 5) is 8.36. The molecule has 4 rings (SSSR count). The van der Waals surface area contributed by atoms with E-state index in [4.69, 9.17) is 9.57 Å². The van der Waals surface area contributed by atoms with Crippen molar-refractivity contribution in [2.75, 3.05) is 19.1 Å². The number of ether oxygens (including phenoxy) is 1. The van der Waals surface area contributed by atoms with E-state index in [9.17, 15) is 0 Å². The lowest BCUT2D eigenvalue weighted by Crippen LogP contribution is -2.54. The van der Waals surface area contributed by atoms with Crippen molar-refractivity contribution in [3.05, 3.63) is 59.7 Å². The van der Waals surface area contributed by atoms with Crippen LogP contribution in [0.5, 0.6) is 5.75 Å². The third-order valence-electron chi connectivity index (χ3n) is 5.59. The van der Waals surface area contributed by atoms with Gasteiger partial charge in [0.2, 0.25) is 5.72 Å². The van der Waals surface area contributed by atoms with Crippen molar-refractivity contribution in [1.82, 2.24) is 0 Å². The summed E-state index contributed by atoms with van der Waals surface area (Å²) in [5.74, 6) is 0.846. The number of para-hydroxylation sites is 1. The molecule has 0 aromatic heterocycles. The Kier molecular flexibility index (Phi) is 3.14. The maximum atomic E-state index is 6.12. The summed E-state index contributed by atoms with van der Waals surface area (Å²) in [7, 11) is 3.77. The van der Waals surface area contributed by atoms with Crippen LogP contribution in [0, 0.1) is 0 Å². The quantitative estimate of drug-likeness (QED) is 0.840. The molecule has 4 nitrogen and oxygen atoms in total. The van der Waals surface area contributed by atoms with E-state index in [0.717, 1.165) is 23.4 Å². The molecule has 4 heteroatoms. The SMILES string of the molecule is COc1ccc(C2=NO[C@@]3(C2)N(C)c2ccccc2C3(C)C)cc1. The van der Waals surface area contributed by atoms with E-state index in [1.54, 1.807) is 7.11 Å². The minimum atomic E-state index is -0.480. The zero-order valence-corrected chi connectivity index (χ0v) is 14.5. The van der Waals surface area contributed by atoms with Gasteiger partial charge in [0.25, 0.3) is 0 Å². The van der Waals surface area contributed by atoms with E-state index >= 15 is 0 Å². The van der Waals surface area contributed by atoms with Crippen LogP contribution in [0.2, 0.25) is 0 Å². The number of likely N-dealkylation sites (N-methyl/N-ethyl adjacent to an activating group) is 1. The lowest BCUT2D eigenvalue weighted by molar-refractivity contribution is -0.0591. The third kappa shape index (κ3) is 1.83. The molecule has 0 saturated carbocycles. The molecule has 2 aromatic carbocycles. The van der Waals surface area contributed by atoms with Gasteiger partial charge < -0.3 is 14.5 Å². The highest BCUT2D eigenvalue weighted by Crippen LogP contribution is 2.55. The van der Waals surface area contributed by atoms with Crippen molar-refractivity contribution in [3.8, 4) is 5.75 Å². The van der Waals surface area contributed by atoms with Gasteiger partial charge in [-0.15, -0.1) is 0 Å². The Morgan fingerprint density at radius 3 is 2.46 bits per heavy atom. The summed E-state index contributed by atoms with van der Waals surface area (Å²) in [5, 5.41) is 4.46. The van der Waals surface area contributed by atoms with E-state index in [1.807, 2.05) is 24.3 Å². The Bertz CT molecular complexity index is 811. The number of methoxy groups -OCH3 is 1. The van der Waals surface area contributed by atoms with E-state index in [1.165, 1.54) is 11.3 Å². The fraction of sp³-hybridized carbons (Fsp3) is 0.350. The van der Waals surface area contributed by atoms with Crippen LogP contribution in [-0.2, 0) is 10.3 Å². The molecule has 1 atom stereocenters. The fourth-order valence-corrected chi connectivity index (χ4v) is 3.99. The van der Waals surface area contributed by atoms with Gasteiger partial charge in [0, 0.05) is 12.7 Å². The van der Waals surface area contributed by atoms with Gasteiger partial charge in [0.15, 0.2) is 0 Å². The molecule has 24 heavy (non-hydrogen) atoms. The highest BCUT2D eigenvalue weighted by Gasteiger charge is 2.61. The molecule has 0 unspecified atom stereocenters. The Balaban J connectivity index is 1.69. The molecule has 0 saturated heterocycles. The second-order valence-electron chi connectivity index (χ2n) is 7.02. The first-order chi connectivity index (χ1) is 11.5. The topological polar surface area (TPSA) is 34.1 Å². The summed E-state index contributed by atoms with van der Waals surface area (Å²) in [5.41, 5.74) is 3.94. The first-order valence-electron chi connectivity index (χ1n) is 8.22. The Morgan fingerprint density at radius 2 is 1.79 bits per heavy atom. The molecule has 0 amide bonds. The van der Waals surface area contributed by atoms with Crippen LogP contribution in [0.1, 0.15) is 31.4 Å². The van der Waals surface area contributed by atoms with Gasteiger partial charge in [-0.25, -0.2) is 0 Å². The van der Waals surface area contributed by atoms with E-state index in [-0.39, 0.29) is 5.41 Å². The number of oxime groups is 1. The molecule has 1 spiro atoms. The van der Waals surface area contributed by atoms with E-state index in [0.29, 0.717) is 0 Å². The molecule has 0 aliphatic carbocycles. The minimum Gasteiger partial charge on any atom is -0.497 e. The average Bonchev–Trinajstić information content (AvgIpc) is 3.13. The highest BCUT2D eigenvalue weighted by molar-refractivity contribution is 6.02. The minimum absolute atomic E-state index is 0.157. The van der Waals surface area contributed by atoms with Crippen molar-refractivity contribution >= 4 is 11.4 Å². The van der Waals surface area contributed by atoms with Crippen LogP contribution in [0.3, 0.4) is 0 Å². The summed E-state index contributed by atoms with van der Waals surface area (Å²) >= 11 is 0. The van der Waals surface area contributed by atoms with Crippen LogP contribution >= 0.6 is 0 Å². The zero-order valence-electron chi connectivity index (χ0n) is 14.5. The van der Waals surface area contributed by atoms with Crippen LogP contribution in [0.15, 0.2) is 53.7 Å². The molecule has 2 aliphatic heterocycles. The highest BCUT2D eigenvalue weighted by atomic mass is 16.7. The summed E-state index contributed by atoms with van der Waals surface area (Å²) in [6, 6.07) is 16.5. The van der Waals surface area contributed by atoms with Gasteiger partial charge in [-0.2, -0.15) is 0 Å². The van der Waals surface area contributed by atoms with Crippen molar-refractivity contribution in [3.63, 3.8) is 0 Å². The number of hydrogen-bond donors (Lipinski definition) is 0. The van der Waals surface area contributed by atoms with Gasteiger partial charge in [0.05, 0.1) is 24.7 Å². The molecule has 2 heterocycles. The standard InChI is InChI=1S/C20H22N2O2/c1-19(2)16-7-5-6-8-18(16)22(3)20(19)13-17(21-24-20)14-9-11-15(23-4)12-10-14/h5-12H,13H2,1-4H3/t20-/m1/s1. The van der Waals surface area contributed by atoms with Crippen LogP contribution in [-0.4, -0.2) is 25.6 Å². The maximum Gasteiger partial charge on any atom is 0.224 e. The van der Waals surface area contributed by atoms with Crippen molar-refractivity contribution < 1.29 is 9.57 Å². The molecule has 0 radical (unpaired) electrons. The largest absolute Gasteiger partial charge is 0.497 e. The zero-order chi connectivity index (χ0) is 16.9. The van der Waals surface area contributed by atoms with Gasteiger partial charge >= 0.3 is 0 Å². The van der Waals surface area contributed by atoms with Gasteiger partial charge in [-0.3, -0.25) is 0 Å². The molecular weight excluding hydrogens is 300 g/mol. The first kappa shape index (κ1) is 15.1. The lowest BCUT2D eigenvalue weighted by Gasteiger charge is -2.40. The van der Waals surface area contributed by atoms with Gasteiger partial charge in [-0.1, -0.05) is 23.4 Å². The monoisotopic (exact) mass is 322 g/mol. The van der Waals surface area contributed by atoms with Gasteiger partial charge in [0.1, 0.15) is 5.75 Å². The van der Waals surface area contributed by atoms with Crippen LogP contribution in [0.4, 0.5) is 5.69 Å². The molecule has 124 valence electrons. The number of fused-ring (bicyclic) bond motifs is 1. The van der Waals surface area contributed by atoms with Crippen LogP contribution < -0.4 is 9.64 Å². The predicted molar refractivity (Wildman–Crippen MR) is 95.8 cm³/mol. The van der Waals surface area contributed by atoms with E-state index < -0.39 is 5.72 Å². The molecule has 0 N–H and O–H groups in total. The Labute approximate surface area is 142 Å². The number of benzene rings is 2. The number of anilines is 1.